The van der Waals surface area contributed by atoms with E-state index in [1.54, 1.807) is 23.9 Å². The number of carbonyl (C=O) groups excluding carboxylic acids is 2. The number of amides is 2. The van der Waals surface area contributed by atoms with E-state index in [-0.39, 0.29) is 16.8 Å². The molecular formula is C21H30Cl2N2O3S. The molecule has 1 fully saturated rings. The summed E-state index contributed by atoms with van der Waals surface area (Å²) < 4.78 is 5.89. The van der Waals surface area contributed by atoms with Gasteiger partial charge in [-0.25, -0.2) is 0 Å². The van der Waals surface area contributed by atoms with Gasteiger partial charge in [-0.2, -0.15) is 11.8 Å². The van der Waals surface area contributed by atoms with Gasteiger partial charge in [0.15, 0.2) is 0 Å². The van der Waals surface area contributed by atoms with Crippen molar-refractivity contribution in [2.75, 3.05) is 25.2 Å². The van der Waals surface area contributed by atoms with E-state index < -0.39 is 6.04 Å². The quantitative estimate of drug-likeness (QED) is 0.469. The maximum absolute atomic E-state index is 12.6. The Labute approximate surface area is 187 Å². The molecule has 0 heterocycles. The van der Waals surface area contributed by atoms with E-state index in [1.165, 1.54) is 25.3 Å². The van der Waals surface area contributed by atoms with Crippen LogP contribution in [0.4, 0.5) is 0 Å². The molecule has 1 aliphatic carbocycles. The van der Waals surface area contributed by atoms with Crippen LogP contribution in [0, 0.1) is 0 Å². The highest BCUT2D eigenvalue weighted by Crippen LogP contribution is 2.21. The van der Waals surface area contributed by atoms with Crippen LogP contribution in [0.3, 0.4) is 0 Å². The standard InChI is InChI=1S/C21H30Cl2N2O3S/c1-29-13-10-19(25-20(26)17-9-8-15(22)14-18(17)23)21(27)24-11-5-12-28-16-6-3-2-4-7-16/h8-9,14,16,19H,2-7,10-13H2,1H3,(H,24,27)(H,25,26). The van der Waals surface area contributed by atoms with Crippen molar-refractivity contribution in [2.45, 2.75) is 57.1 Å². The second kappa shape index (κ2) is 13.4. The summed E-state index contributed by atoms with van der Waals surface area (Å²) in [5.41, 5.74) is 0.305. The third kappa shape index (κ3) is 8.75. The van der Waals surface area contributed by atoms with E-state index >= 15 is 0 Å². The SMILES string of the molecule is CSCCC(NC(=O)c1ccc(Cl)cc1Cl)C(=O)NCCCOC1CCCCC1. The van der Waals surface area contributed by atoms with Crippen LogP contribution in [-0.4, -0.2) is 49.1 Å². The van der Waals surface area contributed by atoms with Crippen molar-refractivity contribution in [3.8, 4) is 0 Å². The average molecular weight is 461 g/mol. The van der Waals surface area contributed by atoms with E-state index in [9.17, 15) is 9.59 Å². The lowest BCUT2D eigenvalue weighted by molar-refractivity contribution is -0.123. The Bertz CT molecular complexity index is 669. The van der Waals surface area contributed by atoms with Gasteiger partial charge in [0, 0.05) is 18.2 Å². The Morgan fingerprint density at radius 3 is 2.69 bits per heavy atom. The maximum Gasteiger partial charge on any atom is 0.253 e. The summed E-state index contributed by atoms with van der Waals surface area (Å²) in [6.07, 6.45) is 9.72. The summed E-state index contributed by atoms with van der Waals surface area (Å²) in [4.78, 5) is 25.2. The molecule has 0 aliphatic heterocycles. The van der Waals surface area contributed by atoms with Crippen LogP contribution >= 0.6 is 35.0 Å². The molecule has 8 heteroatoms. The van der Waals surface area contributed by atoms with Crippen LogP contribution in [0.25, 0.3) is 0 Å². The molecule has 5 nitrogen and oxygen atoms in total. The molecule has 1 aromatic carbocycles. The number of rotatable bonds is 11. The molecule has 0 saturated heterocycles. The van der Waals surface area contributed by atoms with Gasteiger partial charge in [0.05, 0.1) is 16.7 Å². The molecule has 2 N–H and O–H groups in total. The van der Waals surface area contributed by atoms with Gasteiger partial charge in [0.1, 0.15) is 6.04 Å². The first-order valence-electron chi connectivity index (χ1n) is 10.2. The molecule has 2 rings (SSSR count). The topological polar surface area (TPSA) is 67.4 Å². The van der Waals surface area contributed by atoms with Gasteiger partial charge in [-0.3, -0.25) is 9.59 Å². The molecule has 0 bridgehead atoms. The summed E-state index contributed by atoms with van der Waals surface area (Å²) in [6.45, 7) is 1.17. The number of benzene rings is 1. The van der Waals surface area contributed by atoms with Crippen LogP contribution in [0.2, 0.25) is 10.0 Å². The molecule has 1 atom stereocenters. The molecule has 1 aliphatic rings. The van der Waals surface area contributed by atoms with Crippen molar-refractivity contribution in [1.29, 1.82) is 0 Å². The zero-order chi connectivity index (χ0) is 21.1. The normalized spacial score (nSPS) is 15.7. The van der Waals surface area contributed by atoms with E-state index in [2.05, 4.69) is 10.6 Å². The summed E-state index contributed by atoms with van der Waals surface area (Å²) in [7, 11) is 0. The van der Waals surface area contributed by atoms with E-state index in [0.29, 0.717) is 36.3 Å². The van der Waals surface area contributed by atoms with Crippen LogP contribution in [0.1, 0.15) is 55.3 Å². The second-order valence-electron chi connectivity index (χ2n) is 7.21. The van der Waals surface area contributed by atoms with Crippen LogP contribution < -0.4 is 10.6 Å². The largest absolute Gasteiger partial charge is 0.378 e. The minimum Gasteiger partial charge on any atom is -0.378 e. The van der Waals surface area contributed by atoms with Gasteiger partial charge in [0.25, 0.3) is 5.91 Å². The minimum atomic E-state index is -0.610. The maximum atomic E-state index is 12.6. The summed E-state index contributed by atoms with van der Waals surface area (Å²) in [5.74, 6) is 0.195. The first kappa shape index (κ1) is 24.3. The fraction of sp³-hybridized carbons (Fsp3) is 0.619. The number of thioether (sulfide) groups is 1. The monoisotopic (exact) mass is 460 g/mol. The lowest BCUT2D eigenvalue weighted by Crippen LogP contribution is -2.47. The van der Waals surface area contributed by atoms with Crippen molar-refractivity contribution in [3.05, 3.63) is 33.8 Å². The predicted octanol–water partition coefficient (Wildman–Crippen LogP) is 4.70. The Morgan fingerprint density at radius 1 is 1.24 bits per heavy atom. The molecule has 1 unspecified atom stereocenters. The number of ether oxygens (including phenoxy) is 1. The van der Waals surface area contributed by atoms with Crippen molar-refractivity contribution in [3.63, 3.8) is 0 Å². The Hall–Kier alpha value is -0.950. The van der Waals surface area contributed by atoms with Crippen molar-refractivity contribution >= 4 is 46.8 Å². The highest BCUT2D eigenvalue weighted by atomic mass is 35.5. The third-order valence-electron chi connectivity index (χ3n) is 4.93. The van der Waals surface area contributed by atoms with Gasteiger partial charge >= 0.3 is 0 Å². The van der Waals surface area contributed by atoms with Gasteiger partial charge < -0.3 is 15.4 Å². The summed E-state index contributed by atoms with van der Waals surface area (Å²) in [6, 6.07) is 4.07. The highest BCUT2D eigenvalue weighted by Gasteiger charge is 2.22. The number of hydrogen-bond acceptors (Lipinski definition) is 4. The van der Waals surface area contributed by atoms with Gasteiger partial charge in [0.2, 0.25) is 5.91 Å². The van der Waals surface area contributed by atoms with Crippen LogP contribution in [-0.2, 0) is 9.53 Å². The van der Waals surface area contributed by atoms with Crippen LogP contribution in [0.15, 0.2) is 18.2 Å². The molecule has 0 spiro atoms. The molecule has 1 saturated carbocycles. The number of nitrogens with one attached hydrogen (secondary N) is 2. The van der Waals surface area contributed by atoms with Gasteiger partial charge in [-0.15, -0.1) is 0 Å². The third-order valence-corrected chi connectivity index (χ3v) is 6.13. The second-order valence-corrected chi connectivity index (χ2v) is 9.04. The predicted molar refractivity (Wildman–Crippen MR) is 121 cm³/mol. The first-order chi connectivity index (χ1) is 14.0. The minimum absolute atomic E-state index is 0.185. The Balaban J connectivity index is 1.79. The molecule has 29 heavy (non-hydrogen) atoms. The lowest BCUT2D eigenvalue weighted by Gasteiger charge is -2.22. The zero-order valence-electron chi connectivity index (χ0n) is 16.8. The summed E-state index contributed by atoms with van der Waals surface area (Å²) in [5, 5.41) is 6.43. The molecule has 2 amide bonds. The Kier molecular flexibility index (Phi) is 11.2. The molecule has 162 valence electrons. The van der Waals surface area contributed by atoms with Crippen molar-refractivity contribution < 1.29 is 14.3 Å². The Morgan fingerprint density at radius 2 is 2.00 bits per heavy atom. The molecule has 1 aromatic rings. The van der Waals surface area contributed by atoms with Crippen LogP contribution in [0.5, 0.6) is 0 Å². The van der Waals surface area contributed by atoms with E-state index in [4.69, 9.17) is 27.9 Å². The molecule has 0 radical (unpaired) electrons. The molecule has 0 aromatic heterocycles. The number of hydrogen-bond donors (Lipinski definition) is 2. The fourth-order valence-corrected chi connectivity index (χ4v) is 4.27. The molecular weight excluding hydrogens is 431 g/mol. The zero-order valence-corrected chi connectivity index (χ0v) is 19.2. The summed E-state index contributed by atoms with van der Waals surface area (Å²) >= 11 is 13.6. The fourth-order valence-electron chi connectivity index (χ4n) is 3.30. The average Bonchev–Trinajstić information content (AvgIpc) is 2.71. The van der Waals surface area contributed by atoms with Gasteiger partial charge in [-0.1, -0.05) is 42.5 Å². The van der Waals surface area contributed by atoms with Crippen molar-refractivity contribution in [1.82, 2.24) is 10.6 Å². The number of carbonyl (C=O) groups is 2. The first-order valence-corrected chi connectivity index (χ1v) is 12.3. The lowest BCUT2D eigenvalue weighted by atomic mass is 9.98. The van der Waals surface area contributed by atoms with E-state index in [1.807, 2.05) is 6.26 Å². The highest BCUT2D eigenvalue weighted by molar-refractivity contribution is 7.98. The van der Waals surface area contributed by atoms with Gasteiger partial charge in [-0.05, 0) is 55.9 Å². The van der Waals surface area contributed by atoms with E-state index in [0.717, 1.165) is 25.0 Å². The number of halogens is 2. The van der Waals surface area contributed by atoms with Crippen molar-refractivity contribution in [2.24, 2.45) is 0 Å². The smallest absolute Gasteiger partial charge is 0.253 e.